The van der Waals surface area contributed by atoms with Gasteiger partial charge in [-0.1, -0.05) is 65.8 Å². The van der Waals surface area contributed by atoms with Crippen LogP contribution in [0.2, 0.25) is 0 Å². The van der Waals surface area contributed by atoms with E-state index in [9.17, 15) is 4.79 Å². The number of rotatable bonds is 9. The molecule has 0 atom stereocenters. The lowest BCUT2D eigenvalue weighted by molar-refractivity contribution is -0.132. The first-order valence-electron chi connectivity index (χ1n) is 11.1. The van der Waals surface area contributed by atoms with Gasteiger partial charge in [-0.3, -0.25) is 4.79 Å². The SMILES string of the molecule is CC(C)N(C)c1onc(-c2ccccc2)c1CN(Cc1ccco1)C(=O)Cc1ccccc1. The van der Waals surface area contributed by atoms with Crippen molar-refractivity contribution < 1.29 is 13.7 Å². The Morgan fingerprint density at radius 2 is 1.64 bits per heavy atom. The fraction of sp³-hybridized carbons (Fsp3) is 0.259. The topological polar surface area (TPSA) is 62.7 Å². The maximum absolute atomic E-state index is 13.4. The molecular weight excluding hydrogens is 414 g/mol. The lowest BCUT2D eigenvalue weighted by Crippen LogP contribution is -2.33. The molecule has 6 nitrogen and oxygen atoms in total. The molecule has 0 saturated heterocycles. The minimum Gasteiger partial charge on any atom is -0.467 e. The molecule has 6 heteroatoms. The molecule has 4 rings (SSSR count). The van der Waals surface area contributed by atoms with Crippen molar-refractivity contribution in [1.29, 1.82) is 0 Å². The molecule has 33 heavy (non-hydrogen) atoms. The highest BCUT2D eigenvalue weighted by atomic mass is 16.5. The summed E-state index contributed by atoms with van der Waals surface area (Å²) < 4.78 is 11.4. The monoisotopic (exact) mass is 443 g/mol. The van der Waals surface area contributed by atoms with Crippen LogP contribution in [0.5, 0.6) is 0 Å². The van der Waals surface area contributed by atoms with Crippen LogP contribution in [0, 0.1) is 0 Å². The van der Waals surface area contributed by atoms with E-state index in [1.165, 1.54) is 0 Å². The number of nitrogens with zero attached hydrogens (tertiary/aromatic N) is 3. The smallest absolute Gasteiger partial charge is 0.232 e. The van der Waals surface area contributed by atoms with E-state index in [2.05, 4.69) is 19.0 Å². The third kappa shape index (κ3) is 5.34. The normalized spacial score (nSPS) is 11.0. The fourth-order valence-corrected chi connectivity index (χ4v) is 3.67. The number of furan rings is 1. The summed E-state index contributed by atoms with van der Waals surface area (Å²) in [6.45, 7) is 4.90. The lowest BCUT2D eigenvalue weighted by Gasteiger charge is -2.25. The van der Waals surface area contributed by atoms with Gasteiger partial charge in [-0.15, -0.1) is 0 Å². The van der Waals surface area contributed by atoms with Crippen molar-refractivity contribution in [3.05, 3.63) is 95.9 Å². The summed E-state index contributed by atoms with van der Waals surface area (Å²) in [6.07, 6.45) is 1.94. The Balaban J connectivity index is 1.71. The Bertz CT molecular complexity index is 1150. The van der Waals surface area contributed by atoms with E-state index in [0.29, 0.717) is 25.4 Å². The number of amides is 1. The molecule has 0 aliphatic carbocycles. The number of benzene rings is 2. The van der Waals surface area contributed by atoms with Crippen LogP contribution in [0.1, 0.15) is 30.7 Å². The van der Waals surface area contributed by atoms with Gasteiger partial charge in [-0.2, -0.15) is 0 Å². The van der Waals surface area contributed by atoms with Crippen LogP contribution in [-0.4, -0.2) is 29.1 Å². The Morgan fingerprint density at radius 3 is 2.27 bits per heavy atom. The molecule has 0 spiro atoms. The van der Waals surface area contributed by atoms with Gasteiger partial charge in [0, 0.05) is 18.7 Å². The first kappa shape index (κ1) is 22.4. The molecule has 2 aromatic heterocycles. The zero-order valence-corrected chi connectivity index (χ0v) is 19.3. The third-order valence-corrected chi connectivity index (χ3v) is 5.74. The molecule has 0 N–H and O–H groups in total. The minimum atomic E-state index is 0.0101. The Morgan fingerprint density at radius 1 is 0.939 bits per heavy atom. The van der Waals surface area contributed by atoms with E-state index in [0.717, 1.165) is 28.1 Å². The highest BCUT2D eigenvalue weighted by Gasteiger charge is 2.26. The summed E-state index contributed by atoms with van der Waals surface area (Å²) in [6, 6.07) is 23.6. The molecule has 0 aliphatic rings. The van der Waals surface area contributed by atoms with E-state index in [1.807, 2.05) is 89.6 Å². The van der Waals surface area contributed by atoms with Gasteiger partial charge in [0.1, 0.15) is 11.5 Å². The predicted octanol–water partition coefficient (Wildman–Crippen LogP) is 5.55. The Labute approximate surface area is 194 Å². The lowest BCUT2D eigenvalue weighted by atomic mass is 10.1. The number of carbonyl (C=O) groups excluding carboxylic acids is 1. The molecule has 0 bridgehead atoms. The first-order valence-corrected chi connectivity index (χ1v) is 11.1. The van der Waals surface area contributed by atoms with Crippen molar-refractivity contribution in [3.63, 3.8) is 0 Å². The minimum absolute atomic E-state index is 0.0101. The molecule has 0 saturated carbocycles. The van der Waals surface area contributed by atoms with Crippen LogP contribution in [0.3, 0.4) is 0 Å². The summed E-state index contributed by atoms with van der Waals surface area (Å²) in [5.41, 5.74) is 3.55. The predicted molar refractivity (Wildman–Crippen MR) is 129 cm³/mol. The molecule has 170 valence electrons. The second-order valence-corrected chi connectivity index (χ2v) is 8.38. The average Bonchev–Trinajstić information content (AvgIpc) is 3.49. The van der Waals surface area contributed by atoms with Gasteiger partial charge in [0.25, 0.3) is 0 Å². The summed E-state index contributed by atoms with van der Waals surface area (Å²) in [5.74, 6) is 1.41. The maximum Gasteiger partial charge on any atom is 0.232 e. The van der Waals surface area contributed by atoms with Crippen molar-refractivity contribution in [1.82, 2.24) is 10.1 Å². The van der Waals surface area contributed by atoms with Crippen LogP contribution in [0.15, 0.2) is 88.0 Å². The van der Waals surface area contributed by atoms with Gasteiger partial charge in [0.2, 0.25) is 11.8 Å². The number of aromatic nitrogens is 1. The highest BCUT2D eigenvalue weighted by molar-refractivity contribution is 5.79. The number of hydrogen-bond donors (Lipinski definition) is 0. The Hall–Kier alpha value is -3.80. The van der Waals surface area contributed by atoms with Gasteiger partial charge in [0.15, 0.2) is 0 Å². The van der Waals surface area contributed by atoms with Crippen LogP contribution in [0.4, 0.5) is 5.88 Å². The molecule has 0 unspecified atom stereocenters. The average molecular weight is 444 g/mol. The molecule has 0 fully saturated rings. The first-order chi connectivity index (χ1) is 16.0. The largest absolute Gasteiger partial charge is 0.467 e. The van der Waals surface area contributed by atoms with Gasteiger partial charge in [-0.05, 0) is 31.5 Å². The summed E-state index contributed by atoms with van der Waals surface area (Å²) in [5, 5.41) is 4.41. The van der Waals surface area contributed by atoms with Gasteiger partial charge in [0.05, 0.1) is 31.3 Å². The van der Waals surface area contributed by atoms with Crippen molar-refractivity contribution in [2.75, 3.05) is 11.9 Å². The molecule has 1 amide bonds. The summed E-state index contributed by atoms with van der Waals surface area (Å²) >= 11 is 0. The van der Waals surface area contributed by atoms with E-state index in [-0.39, 0.29) is 11.9 Å². The van der Waals surface area contributed by atoms with Crippen LogP contribution < -0.4 is 4.90 Å². The van der Waals surface area contributed by atoms with Crippen molar-refractivity contribution >= 4 is 11.8 Å². The fourth-order valence-electron chi connectivity index (χ4n) is 3.67. The van der Waals surface area contributed by atoms with Crippen LogP contribution >= 0.6 is 0 Å². The van der Waals surface area contributed by atoms with E-state index in [1.54, 1.807) is 6.26 Å². The number of anilines is 1. The number of hydrogen-bond acceptors (Lipinski definition) is 5. The van der Waals surface area contributed by atoms with Crippen LogP contribution in [-0.2, 0) is 24.3 Å². The van der Waals surface area contributed by atoms with E-state index in [4.69, 9.17) is 8.94 Å². The quantitative estimate of drug-likeness (QED) is 0.339. The van der Waals surface area contributed by atoms with Gasteiger partial charge in [-0.25, -0.2) is 0 Å². The molecular formula is C27H29N3O3. The zero-order valence-electron chi connectivity index (χ0n) is 19.3. The zero-order chi connectivity index (χ0) is 23.2. The van der Waals surface area contributed by atoms with Gasteiger partial charge < -0.3 is 18.7 Å². The second-order valence-electron chi connectivity index (χ2n) is 8.38. The van der Waals surface area contributed by atoms with Crippen molar-refractivity contribution in [2.45, 2.75) is 39.4 Å². The van der Waals surface area contributed by atoms with Crippen molar-refractivity contribution in [2.24, 2.45) is 0 Å². The standard InChI is InChI=1S/C27H29N3O3/c1-20(2)29(3)27-24(26(28-33-27)22-13-8-5-9-14-22)19-30(18-23-15-10-16-32-23)25(31)17-21-11-6-4-7-12-21/h4-16,20H,17-19H2,1-3H3. The van der Waals surface area contributed by atoms with Crippen molar-refractivity contribution in [3.8, 4) is 11.3 Å². The van der Waals surface area contributed by atoms with E-state index < -0.39 is 0 Å². The third-order valence-electron chi connectivity index (χ3n) is 5.74. The summed E-state index contributed by atoms with van der Waals surface area (Å²) in [7, 11) is 1.98. The molecule has 2 heterocycles. The molecule has 0 aliphatic heterocycles. The number of carbonyl (C=O) groups is 1. The van der Waals surface area contributed by atoms with E-state index >= 15 is 0 Å². The Kier molecular flexibility index (Phi) is 6.93. The second kappa shape index (κ2) is 10.2. The summed E-state index contributed by atoms with van der Waals surface area (Å²) in [4.78, 5) is 17.3. The molecule has 4 aromatic rings. The van der Waals surface area contributed by atoms with Crippen LogP contribution in [0.25, 0.3) is 11.3 Å². The molecule has 0 radical (unpaired) electrons. The highest BCUT2D eigenvalue weighted by Crippen LogP contribution is 2.33. The van der Waals surface area contributed by atoms with Gasteiger partial charge >= 0.3 is 0 Å². The molecule has 2 aromatic carbocycles. The maximum atomic E-state index is 13.4.